The molecule has 5 heteroatoms. The highest BCUT2D eigenvalue weighted by molar-refractivity contribution is 6.02. The predicted octanol–water partition coefficient (Wildman–Crippen LogP) is 2.78. The zero-order valence-electron chi connectivity index (χ0n) is 13.4. The Morgan fingerprint density at radius 3 is 2.58 bits per heavy atom. The maximum Gasteiger partial charge on any atom is 0.136 e. The van der Waals surface area contributed by atoms with E-state index in [4.69, 9.17) is 5.73 Å². The van der Waals surface area contributed by atoms with Crippen LogP contribution in [-0.4, -0.2) is 30.3 Å². The molecule has 1 heterocycles. The number of nitrogens with two attached hydrogens (primary N) is 1. The molecule has 0 spiro atoms. The second kappa shape index (κ2) is 6.57. The lowest BCUT2D eigenvalue weighted by atomic mass is 9.98. The van der Waals surface area contributed by atoms with Crippen molar-refractivity contribution in [1.29, 1.82) is 5.26 Å². The topological polar surface area (TPSA) is 86.2 Å². The molecule has 0 amide bonds. The molecular weight excluding hydrogens is 300 g/mol. The number of nitriles is 1. The molecule has 0 unspecified atom stereocenters. The molecule has 0 saturated heterocycles. The number of aliphatic hydroxyl groups is 1. The third-order valence-corrected chi connectivity index (χ3v) is 4.01. The smallest absolute Gasteiger partial charge is 0.136 e. The van der Waals surface area contributed by atoms with Crippen molar-refractivity contribution in [2.24, 2.45) is 0 Å². The molecule has 24 heavy (non-hydrogen) atoms. The molecule has 0 bridgehead atoms. The first-order chi connectivity index (χ1) is 11.6. The Kier molecular flexibility index (Phi) is 4.32. The van der Waals surface area contributed by atoms with Gasteiger partial charge in [0.2, 0.25) is 0 Å². The van der Waals surface area contributed by atoms with Crippen LogP contribution in [0.3, 0.4) is 0 Å². The first-order valence-corrected chi connectivity index (χ1v) is 7.65. The summed E-state index contributed by atoms with van der Waals surface area (Å²) in [4.78, 5) is 6.48. The molecule has 120 valence electrons. The van der Waals surface area contributed by atoms with Crippen LogP contribution in [0.5, 0.6) is 0 Å². The molecular formula is C19H18N4O. The molecule has 1 aromatic heterocycles. The SMILES string of the molecule is CN(CCO)c1ncc(-c2ccc(N)cc2)c2cc(C#N)ccc12. The minimum atomic E-state index is 0.0513. The lowest BCUT2D eigenvalue weighted by Crippen LogP contribution is -2.22. The van der Waals surface area contributed by atoms with Crippen LogP contribution in [-0.2, 0) is 0 Å². The van der Waals surface area contributed by atoms with Gasteiger partial charge in [-0.2, -0.15) is 5.26 Å². The first kappa shape index (κ1) is 15.8. The molecule has 2 aromatic carbocycles. The zero-order chi connectivity index (χ0) is 17.1. The number of hydrogen-bond acceptors (Lipinski definition) is 5. The van der Waals surface area contributed by atoms with Crippen molar-refractivity contribution in [3.63, 3.8) is 0 Å². The summed E-state index contributed by atoms with van der Waals surface area (Å²) in [6.07, 6.45) is 1.80. The third-order valence-electron chi connectivity index (χ3n) is 4.01. The van der Waals surface area contributed by atoms with Gasteiger partial charge in [-0.15, -0.1) is 0 Å². The second-order valence-corrected chi connectivity index (χ2v) is 5.63. The summed E-state index contributed by atoms with van der Waals surface area (Å²) >= 11 is 0. The van der Waals surface area contributed by atoms with Gasteiger partial charge in [-0.1, -0.05) is 12.1 Å². The van der Waals surface area contributed by atoms with Crippen molar-refractivity contribution < 1.29 is 5.11 Å². The minimum Gasteiger partial charge on any atom is -0.399 e. The fourth-order valence-corrected chi connectivity index (χ4v) is 2.75. The maximum absolute atomic E-state index is 9.23. The Hall–Kier alpha value is -3.10. The Bertz CT molecular complexity index is 913. The van der Waals surface area contributed by atoms with Crippen molar-refractivity contribution in [3.8, 4) is 17.2 Å². The van der Waals surface area contributed by atoms with E-state index in [2.05, 4.69) is 11.1 Å². The third kappa shape index (κ3) is 2.87. The van der Waals surface area contributed by atoms with Crippen LogP contribution in [0.4, 0.5) is 11.5 Å². The van der Waals surface area contributed by atoms with Crippen molar-refractivity contribution in [1.82, 2.24) is 4.98 Å². The van der Waals surface area contributed by atoms with Crippen LogP contribution in [0.25, 0.3) is 21.9 Å². The summed E-state index contributed by atoms with van der Waals surface area (Å²) in [7, 11) is 1.89. The normalized spacial score (nSPS) is 10.5. The van der Waals surface area contributed by atoms with Gasteiger partial charge in [0.25, 0.3) is 0 Å². The van der Waals surface area contributed by atoms with Crippen LogP contribution in [0.15, 0.2) is 48.7 Å². The van der Waals surface area contributed by atoms with Gasteiger partial charge >= 0.3 is 0 Å². The number of benzene rings is 2. The minimum absolute atomic E-state index is 0.0513. The standard InChI is InChI=1S/C19H18N4O/c1-23(8-9-24)19-16-7-2-13(11-20)10-17(16)18(12-22-19)14-3-5-15(21)6-4-14/h2-7,10,12,24H,8-9,21H2,1H3. The summed E-state index contributed by atoms with van der Waals surface area (Å²) in [5.74, 6) is 0.780. The maximum atomic E-state index is 9.23. The van der Waals surface area contributed by atoms with E-state index < -0.39 is 0 Å². The molecule has 3 rings (SSSR count). The average molecular weight is 318 g/mol. The van der Waals surface area contributed by atoms with Crippen molar-refractivity contribution in [2.45, 2.75) is 0 Å². The highest BCUT2D eigenvalue weighted by Crippen LogP contribution is 2.33. The number of likely N-dealkylation sites (N-methyl/N-ethyl adjacent to an activating group) is 1. The molecule has 0 fully saturated rings. The highest BCUT2D eigenvalue weighted by Gasteiger charge is 2.13. The molecule has 3 N–H and O–H groups in total. The van der Waals surface area contributed by atoms with E-state index in [1.165, 1.54) is 0 Å². The van der Waals surface area contributed by atoms with E-state index in [9.17, 15) is 10.4 Å². The summed E-state index contributed by atoms with van der Waals surface area (Å²) in [6.45, 7) is 0.541. The number of nitrogens with zero attached hydrogens (tertiary/aromatic N) is 3. The summed E-state index contributed by atoms with van der Waals surface area (Å²) in [5, 5.41) is 20.3. The number of pyridine rings is 1. The van der Waals surface area contributed by atoms with E-state index in [0.29, 0.717) is 17.8 Å². The van der Waals surface area contributed by atoms with E-state index in [1.54, 1.807) is 12.3 Å². The summed E-state index contributed by atoms with van der Waals surface area (Å²) in [5.41, 5.74) is 9.01. The van der Waals surface area contributed by atoms with Gasteiger partial charge in [0.1, 0.15) is 5.82 Å². The lowest BCUT2D eigenvalue weighted by molar-refractivity contribution is 0.304. The van der Waals surface area contributed by atoms with Gasteiger partial charge in [0.05, 0.1) is 18.2 Å². The number of nitrogen functional groups attached to an aromatic ring is 1. The van der Waals surface area contributed by atoms with Crippen molar-refractivity contribution >= 4 is 22.3 Å². The molecule has 3 aromatic rings. The van der Waals surface area contributed by atoms with Crippen LogP contribution < -0.4 is 10.6 Å². The van der Waals surface area contributed by atoms with Gasteiger partial charge in [-0.05, 0) is 41.3 Å². The lowest BCUT2D eigenvalue weighted by Gasteiger charge is -2.20. The molecule has 0 radical (unpaired) electrons. The number of aromatic nitrogens is 1. The number of aliphatic hydroxyl groups excluding tert-OH is 1. The first-order valence-electron chi connectivity index (χ1n) is 7.65. The van der Waals surface area contributed by atoms with E-state index >= 15 is 0 Å². The molecule has 0 saturated carbocycles. The molecule has 0 atom stereocenters. The van der Waals surface area contributed by atoms with E-state index in [0.717, 1.165) is 27.7 Å². The summed E-state index contributed by atoms with van der Waals surface area (Å²) < 4.78 is 0. The molecule has 5 nitrogen and oxygen atoms in total. The molecule has 0 aliphatic carbocycles. The van der Waals surface area contributed by atoms with Crippen LogP contribution in [0.1, 0.15) is 5.56 Å². The van der Waals surface area contributed by atoms with Gasteiger partial charge in [-0.3, -0.25) is 0 Å². The van der Waals surface area contributed by atoms with E-state index in [1.807, 2.05) is 48.3 Å². The fraction of sp³-hybridized carbons (Fsp3) is 0.158. The summed E-state index contributed by atoms with van der Waals surface area (Å²) in [6, 6.07) is 15.3. The van der Waals surface area contributed by atoms with Gasteiger partial charge in [0.15, 0.2) is 0 Å². The quantitative estimate of drug-likeness (QED) is 0.722. The van der Waals surface area contributed by atoms with Crippen molar-refractivity contribution in [3.05, 3.63) is 54.2 Å². The van der Waals surface area contributed by atoms with E-state index in [-0.39, 0.29) is 6.61 Å². The van der Waals surface area contributed by atoms with Gasteiger partial charge < -0.3 is 15.7 Å². The molecule has 0 aliphatic rings. The van der Waals surface area contributed by atoms with Crippen LogP contribution in [0.2, 0.25) is 0 Å². The Labute approximate surface area is 140 Å². The average Bonchev–Trinajstić information content (AvgIpc) is 2.61. The fourth-order valence-electron chi connectivity index (χ4n) is 2.75. The van der Waals surface area contributed by atoms with Gasteiger partial charge in [-0.25, -0.2) is 4.98 Å². The van der Waals surface area contributed by atoms with Crippen LogP contribution >= 0.6 is 0 Å². The Balaban J connectivity index is 2.25. The number of rotatable bonds is 4. The van der Waals surface area contributed by atoms with Crippen LogP contribution in [0, 0.1) is 11.3 Å². The zero-order valence-corrected chi connectivity index (χ0v) is 13.4. The molecule has 0 aliphatic heterocycles. The monoisotopic (exact) mass is 318 g/mol. The number of anilines is 2. The Morgan fingerprint density at radius 2 is 1.92 bits per heavy atom. The predicted molar refractivity (Wildman–Crippen MR) is 96.7 cm³/mol. The van der Waals surface area contributed by atoms with Gasteiger partial charge in [0, 0.05) is 36.4 Å². The number of hydrogen-bond donors (Lipinski definition) is 2. The van der Waals surface area contributed by atoms with Crippen molar-refractivity contribution in [2.75, 3.05) is 30.8 Å². The largest absolute Gasteiger partial charge is 0.399 e. The second-order valence-electron chi connectivity index (χ2n) is 5.63. The Morgan fingerprint density at radius 1 is 1.17 bits per heavy atom. The number of fused-ring (bicyclic) bond motifs is 1. The highest BCUT2D eigenvalue weighted by atomic mass is 16.3.